The lowest BCUT2D eigenvalue weighted by molar-refractivity contribution is 0.452. The molecule has 2 aromatic rings. The normalized spacial score (nSPS) is 10.0. The maximum absolute atomic E-state index is 8.99. The molecule has 5 nitrogen and oxygen atoms in total. The van der Waals surface area contributed by atoms with Gasteiger partial charge in [0.15, 0.2) is 0 Å². The summed E-state index contributed by atoms with van der Waals surface area (Å²) in [6.07, 6.45) is 2.24. The highest BCUT2D eigenvalue weighted by atomic mass is 16.5. The van der Waals surface area contributed by atoms with Gasteiger partial charge in [-0.2, -0.15) is 5.26 Å². The first-order valence-corrected chi connectivity index (χ1v) is 6.95. The van der Waals surface area contributed by atoms with E-state index in [4.69, 9.17) is 10.00 Å². The van der Waals surface area contributed by atoms with Crippen LogP contribution in [0.5, 0.6) is 11.6 Å². The Hall–Kier alpha value is -2.61. The molecule has 0 saturated carbocycles. The van der Waals surface area contributed by atoms with Gasteiger partial charge in [0.1, 0.15) is 17.9 Å². The third-order valence-corrected chi connectivity index (χ3v) is 3.13. The predicted octanol–water partition coefficient (Wildman–Crippen LogP) is 3.44. The Bertz CT molecular complexity index is 676. The molecule has 0 amide bonds. The molecule has 1 aromatic heterocycles. The van der Waals surface area contributed by atoms with E-state index >= 15 is 0 Å². The third-order valence-electron chi connectivity index (χ3n) is 3.13. The van der Waals surface area contributed by atoms with Crippen LogP contribution in [-0.4, -0.2) is 16.5 Å². The number of nitrogens with zero attached hydrogens (tertiary/aromatic N) is 3. The van der Waals surface area contributed by atoms with E-state index in [9.17, 15) is 0 Å². The van der Waals surface area contributed by atoms with Gasteiger partial charge >= 0.3 is 0 Å². The molecule has 1 N–H and O–H groups in total. The highest BCUT2D eigenvalue weighted by molar-refractivity contribution is 5.51. The summed E-state index contributed by atoms with van der Waals surface area (Å²) in [5.41, 5.74) is 2.45. The molecule has 108 valence electrons. The van der Waals surface area contributed by atoms with Crippen LogP contribution in [0.2, 0.25) is 0 Å². The summed E-state index contributed by atoms with van der Waals surface area (Å²) in [6, 6.07) is 7.48. The summed E-state index contributed by atoms with van der Waals surface area (Å²) in [6.45, 7) is 6.77. The van der Waals surface area contributed by atoms with E-state index in [1.807, 2.05) is 26.8 Å². The SMILES string of the molecule is CCNc1ncnc(Oc2cc(C#N)ccc2C)c1CC. The minimum absolute atomic E-state index is 0.529. The number of aryl methyl sites for hydroxylation is 1. The molecule has 0 atom stereocenters. The monoisotopic (exact) mass is 282 g/mol. The second-order valence-corrected chi connectivity index (χ2v) is 4.58. The van der Waals surface area contributed by atoms with Crippen molar-refractivity contribution in [1.29, 1.82) is 5.26 Å². The van der Waals surface area contributed by atoms with E-state index in [1.54, 1.807) is 12.1 Å². The summed E-state index contributed by atoms with van der Waals surface area (Å²) >= 11 is 0. The second kappa shape index (κ2) is 6.71. The van der Waals surface area contributed by atoms with Crippen molar-refractivity contribution < 1.29 is 4.74 Å². The van der Waals surface area contributed by atoms with Gasteiger partial charge in [-0.25, -0.2) is 9.97 Å². The third kappa shape index (κ3) is 3.29. The van der Waals surface area contributed by atoms with E-state index in [-0.39, 0.29) is 0 Å². The molecule has 0 spiro atoms. The lowest BCUT2D eigenvalue weighted by atomic mass is 10.1. The van der Waals surface area contributed by atoms with Crippen molar-refractivity contribution in [3.05, 3.63) is 41.2 Å². The zero-order chi connectivity index (χ0) is 15.2. The molecule has 0 unspecified atom stereocenters. The van der Waals surface area contributed by atoms with Gasteiger partial charge in [0.2, 0.25) is 5.88 Å². The Morgan fingerprint density at radius 3 is 2.76 bits per heavy atom. The van der Waals surface area contributed by atoms with Crippen LogP contribution in [0.15, 0.2) is 24.5 Å². The van der Waals surface area contributed by atoms with Crippen molar-refractivity contribution in [2.45, 2.75) is 27.2 Å². The van der Waals surface area contributed by atoms with Crippen LogP contribution in [0, 0.1) is 18.3 Å². The number of benzene rings is 1. The first-order chi connectivity index (χ1) is 10.2. The number of nitrogens with one attached hydrogen (secondary N) is 1. The van der Waals surface area contributed by atoms with Crippen molar-refractivity contribution in [3.8, 4) is 17.7 Å². The summed E-state index contributed by atoms with van der Waals surface area (Å²) < 4.78 is 5.92. The van der Waals surface area contributed by atoms with Crippen LogP contribution in [0.4, 0.5) is 5.82 Å². The zero-order valence-electron chi connectivity index (χ0n) is 12.5. The zero-order valence-corrected chi connectivity index (χ0v) is 12.5. The lowest BCUT2D eigenvalue weighted by Gasteiger charge is -2.14. The van der Waals surface area contributed by atoms with Crippen molar-refractivity contribution in [3.63, 3.8) is 0 Å². The molecule has 21 heavy (non-hydrogen) atoms. The fourth-order valence-electron chi connectivity index (χ4n) is 2.01. The van der Waals surface area contributed by atoms with Crippen molar-refractivity contribution in [2.75, 3.05) is 11.9 Å². The van der Waals surface area contributed by atoms with Gasteiger partial charge in [-0.1, -0.05) is 13.0 Å². The topological polar surface area (TPSA) is 70.8 Å². The number of nitriles is 1. The van der Waals surface area contributed by atoms with E-state index in [2.05, 4.69) is 21.4 Å². The molecule has 0 saturated heterocycles. The van der Waals surface area contributed by atoms with Gasteiger partial charge in [-0.15, -0.1) is 0 Å². The van der Waals surface area contributed by atoms with Gasteiger partial charge in [0.25, 0.3) is 0 Å². The lowest BCUT2D eigenvalue weighted by Crippen LogP contribution is -2.06. The fraction of sp³-hybridized carbons (Fsp3) is 0.312. The molecule has 0 fully saturated rings. The maximum Gasteiger partial charge on any atom is 0.227 e. The molecular weight excluding hydrogens is 264 g/mol. The Labute approximate surface area is 124 Å². The first kappa shape index (κ1) is 14.8. The standard InChI is InChI=1S/C16H18N4O/c1-4-13-15(18-5-2)19-10-20-16(13)21-14-8-12(9-17)7-6-11(14)3/h6-8,10H,4-5H2,1-3H3,(H,18,19,20). The maximum atomic E-state index is 8.99. The van der Waals surface area contributed by atoms with Crippen molar-refractivity contribution in [2.24, 2.45) is 0 Å². The molecule has 0 aliphatic rings. The molecule has 0 aliphatic carbocycles. The van der Waals surface area contributed by atoms with Gasteiger partial charge in [-0.05, 0) is 38.0 Å². The van der Waals surface area contributed by atoms with E-state index in [0.29, 0.717) is 17.2 Å². The van der Waals surface area contributed by atoms with Crippen LogP contribution < -0.4 is 10.1 Å². The highest BCUT2D eigenvalue weighted by Crippen LogP contribution is 2.29. The smallest absolute Gasteiger partial charge is 0.227 e. The minimum Gasteiger partial charge on any atom is -0.438 e. The van der Waals surface area contributed by atoms with Gasteiger partial charge in [0, 0.05) is 6.54 Å². The minimum atomic E-state index is 0.529. The van der Waals surface area contributed by atoms with E-state index < -0.39 is 0 Å². The average molecular weight is 282 g/mol. The van der Waals surface area contributed by atoms with Gasteiger partial charge < -0.3 is 10.1 Å². The number of hydrogen-bond donors (Lipinski definition) is 1. The summed E-state index contributed by atoms with van der Waals surface area (Å²) in [4.78, 5) is 8.47. The quantitative estimate of drug-likeness (QED) is 0.909. The molecule has 0 bridgehead atoms. The predicted molar refractivity (Wildman–Crippen MR) is 81.5 cm³/mol. The summed E-state index contributed by atoms with van der Waals surface area (Å²) in [5.74, 6) is 1.96. The number of hydrogen-bond acceptors (Lipinski definition) is 5. The van der Waals surface area contributed by atoms with Gasteiger partial charge in [0.05, 0.1) is 17.2 Å². The average Bonchev–Trinajstić information content (AvgIpc) is 2.50. The van der Waals surface area contributed by atoms with Crippen molar-refractivity contribution in [1.82, 2.24) is 9.97 Å². The fourth-order valence-corrected chi connectivity index (χ4v) is 2.01. The van der Waals surface area contributed by atoms with E-state index in [0.717, 1.165) is 29.9 Å². The first-order valence-electron chi connectivity index (χ1n) is 6.95. The number of aromatic nitrogens is 2. The molecule has 0 aliphatic heterocycles. The number of ether oxygens (including phenoxy) is 1. The van der Waals surface area contributed by atoms with Gasteiger partial charge in [-0.3, -0.25) is 0 Å². The largest absolute Gasteiger partial charge is 0.438 e. The Morgan fingerprint density at radius 2 is 2.10 bits per heavy atom. The van der Waals surface area contributed by atoms with Crippen LogP contribution >= 0.6 is 0 Å². The van der Waals surface area contributed by atoms with E-state index in [1.165, 1.54) is 6.33 Å². The number of anilines is 1. The van der Waals surface area contributed by atoms with Crippen LogP contribution in [0.3, 0.4) is 0 Å². The Balaban J connectivity index is 2.40. The molecule has 5 heteroatoms. The van der Waals surface area contributed by atoms with Crippen LogP contribution in [-0.2, 0) is 6.42 Å². The summed E-state index contributed by atoms with van der Waals surface area (Å²) in [7, 11) is 0. The molecule has 0 radical (unpaired) electrons. The molecule has 1 heterocycles. The summed E-state index contributed by atoms with van der Waals surface area (Å²) in [5, 5.41) is 12.2. The Kier molecular flexibility index (Phi) is 4.72. The molecular formula is C16H18N4O. The highest BCUT2D eigenvalue weighted by Gasteiger charge is 2.12. The molecule has 1 aromatic carbocycles. The number of rotatable bonds is 5. The Morgan fingerprint density at radius 1 is 1.29 bits per heavy atom. The molecule has 2 rings (SSSR count). The van der Waals surface area contributed by atoms with Crippen LogP contribution in [0.25, 0.3) is 0 Å². The van der Waals surface area contributed by atoms with Crippen LogP contribution in [0.1, 0.15) is 30.5 Å². The second-order valence-electron chi connectivity index (χ2n) is 4.58. The van der Waals surface area contributed by atoms with Crippen molar-refractivity contribution >= 4 is 5.82 Å².